The molecule has 0 saturated carbocycles. The van der Waals surface area contributed by atoms with Crippen LogP contribution in [0, 0.1) is 12.8 Å². The minimum atomic E-state index is -0.136. The van der Waals surface area contributed by atoms with Gasteiger partial charge in [0.25, 0.3) is 5.56 Å². The van der Waals surface area contributed by atoms with Crippen LogP contribution in [0.1, 0.15) is 48.2 Å². The summed E-state index contributed by atoms with van der Waals surface area (Å²) in [5.41, 5.74) is 3.76. The Morgan fingerprint density at radius 2 is 1.86 bits per heavy atom. The number of nitrogens with one attached hydrogen (secondary N) is 1. The molecule has 0 fully saturated rings. The van der Waals surface area contributed by atoms with Crippen molar-refractivity contribution < 1.29 is 4.42 Å². The third kappa shape index (κ3) is 5.54. The number of nitrogens with zero attached hydrogens (tertiary/aromatic N) is 5. The smallest absolute Gasteiger partial charge is 0.252 e. The van der Waals surface area contributed by atoms with E-state index >= 15 is 0 Å². The second-order valence-electron chi connectivity index (χ2n) is 9.83. The Morgan fingerprint density at radius 1 is 1.03 bits per heavy atom. The van der Waals surface area contributed by atoms with E-state index in [0.29, 0.717) is 25.2 Å². The van der Waals surface area contributed by atoms with Gasteiger partial charge in [0, 0.05) is 18.7 Å². The maximum absolute atomic E-state index is 13.2. The van der Waals surface area contributed by atoms with Crippen molar-refractivity contribution >= 4 is 10.9 Å². The molecule has 1 N–H and O–H groups in total. The van der Waals surface area contributed by atoms with E-state index in [1.54, 1.807) is 6.26 Å². The number of pyridine rings is 1. The van der Waals surface area contributed by atoms with Crippen LogP contribution in [0.3, 0.4) is 0 Å². The Kier molecular flexibility index (Phi) is 7.28. The first-order valence-corrected chi connectivity index (χ1v) is 12.7. The molecule has 0 aliphatic heterocycles. The average molecular weight is 497 g/mol. The number of hydrogen-bond acceptors (Lipinski definition) is 6. The van der Waals surface area contributed by atoms with Gasteiger partial charge >= 0.3 is 0 Å². The molecule has 0 unspecified atom stereocenters. The summed E-state index contributed by atoms with van der Waals surface area (Å²) in [6, 6.07) is 22.1. The molecule has 3 aromatic heterocycles. The molecule has 5 aromatic rings. The van der Waals surface area contributed by atoms with Crippen molar-refractivity contribution in [3.05, 3.63) is 112 Å². The number of benzene rings is 2. The summed E-state index contributed by atoms with van der Waals surface area (Å²) < 4.78 is 7.60. The number of rotatable bonds is 10. The Labute approximate surface area is 215 Å². The van der Waals surface area contributed by atoms with Crippen molar-refractivity contribution in [1.82, 2.24) is 30.1 Å². The van der Waals surface area contributed by atoms with E-state index in [1.165, 1.54) is 5.56 Å². The first-order valence-electron chi connectivity index (χ1n) is 12.7. The fourth-order valence-corrected chi connectivity index (χ4v) is 4.97. The van der Waals surface area contributed by atoms with Crippen molar-refractivity contribution in [3.63, 3.8) is 0 Å². The fraction of sp³-hybridized carbons (Fsp3) is 0.310. The molecule has 190 valence electrons. The third-order valence-electron chi connectivity index (χ3n) is 6.78. The molecule has 8 nitrogen and oxygen atoms in total. The van der Waals surface area contributed by atoms with E-state index in [-0.39, 0.29) is 17.5 Å². The molecule has 3 heterocycles. The lowest BCUT2D eigenvalue weighted by molar-refractivity contribution is 0.116. The lowest BCUT2D eigenvalue weighted by Crippen LogP contribution is -2.35. The molecule has 5 rings (SSSR count). The van der Waals surface area contributed by atoms with Gasteiger partial charge in [-0.3, -0.25) is 9.69 Å². The lowest BCUT2D eigenvalue weighted by Gasteiger charge is -2.33. The van der Waals surface area contributed by atoms with Gasteiger partial charge in [-0.2, -0.15) is 0 Å². The van der Waals surface area contributed by atoms with Gasteiger partial charge in [0.2, 0.25) is 0 Å². The highest BCUT2D eigenvalue weighted by molar-refractivity contribution is 5.81. The Morgan fingerprint density at radius 3 is 2.62 bits per heavy atom. The average Bonchev–Trinajstić information content (AvgIpc) is 3.57. The predicted molar refractivity (Wildman–Crippen MR) is 143 cm³/mol. The molecule has 0 aliphatic carbocycles. The molecule has 1 atom stereocenters. The van der Waals surface area contributed by atoms with Crippen molar-refractivity contribution in [3.8, 4) is 0 Å². The second-order valence-corrected chi connectivity index (χ2v) is 9.83. The maximum Gasteiger partial charge on any atom is 0.252 e. The molecular formula is C29H32N6O2. The standard InChI is InChI=1S/C29H32N6O2/c1-20(2)27(28-31-32-33-35(28)15-14-22-10-5-4-6-11-22)34(19-25-13-8-16-37-25)18-24-17-23-12-7-9-21(3)26(23)30-29(24)36/h4-13,16-17,20,27H,14-15,18-19H2,1-3H3,(H,30,36)/t27-/m1/s1. The molecule has 37 heavy (non-hydrogen) atoms. The van der Waals surface area contributed by atoms with Crippen LogP contribution >= 0.6 is 0 Å². The van der Waals surface area contributed by atoms with Crippen LogP contribution in [-0.4, -0.2) is 30.1 Å². The normalized spacial score (nSPS) is 12.6. The molecule has 2 aromatic carbocycles. The SMILES string of the molecule is Cc1cccc2cc(CN(Cc3ccco3)[C@@H](c3nnnn3CCc3ccccc3)C(C)C)c(=O)[nH]c12. The number of fused-ring (bicyclic) bond motifs is 1. The van der Waals surface area contributed by atoms with Gasteiger partial charge in [-0.15, -0.1) is 5.10 Å². The fourth-order valence-electron chi connectivity index (χ4n) is 4.97. The summed E-state index contributed by atoms with van der Waals surface area (Å²) >= 11 is 0. The van der Waals surface area contributed by atoms with Gasteiger partial charge in [-0.05, 0) is 64.4 Å². The highest BCUT2D eigenvalue weighted by Gasteiger charge is 2.30. The predicted octanol–water partition coefficient (Wildman–Crippen LogP) is 5.06. The van der Waals surface area contributed by atoms with Gasteiger partial charge in [-0.1, -0.05) is 62.4 Å². The number of aryl methyl sites for hydroxylation is 3. The van der Waals surface area contributed by atoms with Gasteiger partial charge in [0.05, 0.1) is 24.4 Å². The molecule has 0 amide bonds. The van der Waals surface area contributed by atoms with Crippen molar-refractivity contribution in [2.75, 3.05) is 0 Å². The summed E-state index contributed by atoms with van der Waals surface area (Å²) in [5.74, 6) is 1.78. The molecule has 0 saturated heterocycles. The van der Waals surface area contributed by atoms with E-state index in [0.717, 1.165) is 34.5 Å². The van der Waals surface area contributed by atoms with E-state index in [9.17, 15) is 4.79 Å². The molecule has 0 bridgehead atoms. The highest BCUT2D eigenvalue weighted by atomic mass is 16.3. The minimum Gasteiger partial charge on any atom is -0.468 e. The monoisotopic (exact) mass is 496 g/mol. The van der Waals surface area contributed by atoms with Crippen LogP contribution in [0.15, 0.2) is 82.2 Å². The number of hydrogen-bond donors (Lipinski definition) is 1. The summed E-state index contributed by atoms with van der Waals surface area (Å²) in [4.78, 5) is 18.5. The lowest BCUT2D eigenvalue weighted by atomic mass is 10.00. The topological polar surface area (TPSA) is 92.8 Å². The van der Waals surface area contributed by atoms with Crippen LogP contribution in [-0.2, 0) is 26.1 Å². The van der Waals surface area contributed by atoms with Gasteiger partial charge in [0.15, 0.2) is 5.82 Å². The van der Waals surface area contributed by atoms with Crippen molar-refractivity contribution in [2.24, 2.45) is 5.92 Å². The second kappa shape index (κ2) is 10.9. The summed E-state index contributed by atoms with van der Waals surface area (Å²) in [6.45, 7) is 7.93. The largest absolute Gasteiger partial charge is 0.468 e. The van der Waals surface area contributed by atoms with Crippen LogP contribution in [0.25, 0.3) is 10.9 Å². The van der Waals surface area contributed by atoms with Gasteiger partial charge in [0.1, 0.15) is 5.76 Å². The minimum absolute atomic E-state index is 0.0857. The van der Waals surface area contributed by atoms with Crippen LogP contribution in [0.5, 0.6) is 0 Å². The van der Waals surface area contributed by atoms with Crippen molar-refractivity contribution in [2.45, 2.75) is 52.9 Å². The number of furan rings is 1. The molecular weight excluding hydrogens is 464 g/mol. The number of aromatic amines is 1. The van der Waals surface area contributed by atoms with E-state index in [4.69, 9.17) is 4.42 Å². The number of para-hydroxylation sites is 1. The summed E-state index contributed by atoms with van der Waals surface area (Å²) in [5, 5.41) is 13.8. The van der Waals surface area contributed by atoms with E-state index in [1.807, 2.05) is 66.2 Å². The first kappa shape index (κ1) is 24.6. The summed E-state index contributed by atoms with van der Waals surface area (Å²) in [7, 11) is 0. The zero-order chi connectivity index (χ0) is 25.8. The number of aromatic nitrogens is 5. The number of tetrazole rings is 1. The molecule has 0 radical (unpaired) electrons. The van der Waals surface area contributed by atoms with E-state index in [2.05, 4.69) is 51.4 Å². The Balaban J connectivity index is 1.50. The zero-order valence-corrected chi connectivity index (χ0v) is 21.5. The Hall–Kier alpha value is -4.04. The first-order chi connectivity index (χ1) is 18.0. The third-order valence-corrected chi connectivity index (χ3v) is 6.78. The van der Waals surface area contributed by atoms with E-state index < -0.39 is 0 Å². The molecule has 0 spiro atoms. The van der Waals surface area contributed by atoms with Crippen LogP contribution in [0.2, 0.25) is 0 Å². The number of H-pyrrole nitrogens is 1. The van der Waals surface area contributed by atoms with Crippen LogP contribution < -0.4 is 5.56 Å². The summed E-state index contributed by atoms with van der Waals surface area (Å²) in [6.07, 6.45) is 2.50. The quantitative estimate of drug-likeness (QED) is 0.291. The van der Waals surface area contributed by atoms with Gasteiger partial charge in [-0.25, -0.2) is 4.68 Å². The van der Waals surface area contributed by atoms with Gasteiger partial charge < -0.3 is 9.40 Å². The highest BCUT2D eigenvalue weighted by Crippen LogP contribution is 2.30. The molecule has 8 heteroatoms. The maximum atomic E-state index is 13.2. The van der Waals surface area contributed by atoms with Crippen LogP contribution in [0.4, 0.5) is 0 Å². The van der Waals surface area contributed by atoms with Crippen molar-refractivity contribution in [1.29, 1.82) is 0 Å². The Bertz CT molecular complexity index is 1500. The zero-order valence-electron chi connectivity index (χ0n) is 21.5. The molecule has 0 aliphatic rings.